The summed E-state index contributed by atoms with van der Waals surface area (Å²) in [5.41, 5.74) is 0.789. The molecule has 0 N–H and O–H groups in total. The Labute approximate surface area is 51.5 Å². The number of hydrogen-bond acceptors (Lipinski definition) is 0. The van der Waals surface area contributed by atoms with Crippen molar-refractivity contribution in [2.45, 2.75) is 6.92 Å². The zero-order chi connectivity index (χ0) is 5.70. The van der Waals surface area contributed by atoms with Crippen LogP contribution in [0.4, 0.5) is 4.39 Å². The molecule has 0 fully saturated rings. The zero-order valence-electron chi connectivity index (χ0n) is 4.25. The van der Waals surface area contributed by atoms with Gasteiger partial charge in [0.25, 0.3) is 0 Å². The maximum absolute atomic E-state index is 11.5. The van der Waals surface area contributed by atoms with E-state index >= 15 is 0 Å². The van der Waals surface area contributed by atoms with E-state index in [4.69, 9.17) is 0 Å². The third-order valence-corrected chi connectivity index (χ3v) is 0.960. The fourth-order valence-corrected chi connectivity index (χ4v) is 0.739. The Kier molecular flexibility index (Phi) is 4.41. The highest BCUT2D eigenvalue weighted by Crippen LogP contribution is 1.93. The summed E-state index contributed by atoms with van der Waals surface area (Å²) in [5.74, 6) is 0. The lowest BCUT2D eigenvalue weighted by Crippen LogP contribution is -1.76. The molecule has 0 aromatic heterocycles. The first kappa shape index (κ1) is 7.15. The Balaban J connectivity index is 3.29. The van der Waals surface area contributed by atoms with Crippen molar-refractivity contribution in [2.75, 3.05) is 12.0 Å². The summed E-state index contributed by atoms with van der Waals surface area (Å²) in [4.78, 5) is 0. The number of allylic oxidation sites excluding steroid dienone is 2. The summed E-state index contributed by atoms with van der Waals surface area (Å²) in [7, 11) is 0. The van der Waals surface area contributed by atoms with Gasteiger partial charge in [-0.25, -0.2) is 4.39 Å². The third kappa shape index (κ3) is 3.99. The molecule has 0 aliphatic rings. The molecule has 7 heavy (non-hydrogen) atoms. The minimum absolute atomic E-state index is 0.328. The molecule has 0 aliphatic heterocycles. The van der Waals surface area contributed by atoms with Crippen LogP contribution in [0.2, 0.25) is 0 Å². The van der Waals surface area contributed by atoms with E-state index in [1.54, 1.807) is 13.0 Å². The predicted octanol–water partition coefficient (Wildman–Crippen LogP) is 2.30. The molecular weight excluding hydrogens is 159 g/mol. The van der Waals surface area contributed by atoms with Crippen molar-refractivity contribution in [3.63, 3.8) is 0 Å². The molecule has 2 heteroatoms. The normalized spacial score (nSPS) is 12.1. The molecule has 0 bridgehead atoms. The largest absolute Gasteiger partial charge is 0.246 e. The highest BCUT2D eigenvalue weighted by atomic mass is 79.9. The molecule has 0 unspecified atom stereocenters. The topological polar surface area (TPSA) is 0 Å². The molecule has 0 amide bonds. The molecule has 0 atom stereocenters. The second-order valence-corrected chi connectivity index (χ2v) is 1.99. The monoisotopic (exact) mass is 166 g/mol. The standard InChI is InChI=1S/C5H8BrF/c1-5(4-7)2-3-6/h2H,3-4H2,1H3/b5-2+. The van der Waals surface area contributed by atoms with Gasteiger partial charge in [-0.1, -0.05) is 22.0 Å². The van der Waals surface area contributed by atoms with E-state index in [-0.39, 0.29) is 6.67 Å². The summed E-state index contributed by atoms with van der Waals surface area (Å²) in [6.45, 7) is 1.44. The number of alkyl halides is 2. The molecule has 0 aromatic carbocycles. The van der Waals surface area contributed by atoms with E-state index in [1.165, 1.54) is 0 Å². The fraction of sp³-hybridized carbons (Fsp3) is 0.600. The molecule has 0 rings (SSSR count). The molecule has 0 radical (unpaired) electrons. The van der Waals surface area contributed by atoms with Crippen LogP contribution >= 0.6 is 15.9 Å². The van der Waals surface area contributed by atoms with E-state index in [0.717, 1.165) is 10.9 Å². The highest BCUT2D eigenvalue weighted by molar-refractivity contribution is 9.09. The van der Waals surface area contributed by atoms with E-state index in [1.807, 2.05) is 0 Å². The molecule has 42 valence electrons. The molecular formula is C5H8BrF. The Morgan fingerprint density at radius 2 is 2.43 bits per heavy atom. The van der Waals surface area contributed by atoms with Gasteiger partial charge < -0.3 is 0 Å². The van der Waals surface area contributed by atoms with Gasteiger partial charge in [0, 0.05) is 5.33 Å². The number of hydrogen-bond donors (Lipinski definition) is 0. The molecule has 0 aliphatic carbocycles. The number of halogens is 2. The lowest BCUT2D eigenvalue weighted by atomic mass is 10.3. The minimum atomic E-state index is -0.328. The van der Waals surface area contributed by atoms with Crippen molar-refractivity contribution in [3.05, 3.63) is 11.6 Å². The van der Waals surface area contributed by atoms with Crippen molar-refractivity contribution in [1.29, 1.82) is 0 Å². The Morgan fingerprint density at radius 3 is 2.57 bits per heavy atom. The quantitative estimate of drug-likeness (QED) is 0.437. The van der Waals surface area contributed by atoms with Gasteiger partial charge in [-0.15, -0.1) is 0 Å². The van der Waals surface area contributed by atoms with Gasteiger partial charge >= 0.3 is 0 Å². The number of rotatable bonds is 2. The first-order chi connectivity index (χ1) is 3.31. The lowest BCUT2D eigenvalue weighted by molar-refractivity contribution is 0.543. The van der Waals surface area contributed by atoms with Crippen molar-refractivity contribution in [1.82, 2.24) is 0 Å². The summed E-state index contributed by atoms with van der Waals surface area (Å²) in [6.07, 6.45) is 1.81. The fourth-order valence-electron chi connectivity index (χ4n) is 0.186. The average Bonchev–Trinajstić information content (AvgIpc) is 1.68. The zero-order valence-corrected chi connectivity index (χ0v) is 5.83. The summed E-state index contributed by atoms with van der Waals surface area (Å²) >= 11 is 3.15. The molecule has 0 spiro atoms. The Bertz CT molecular complexity index is 68.5. The summed E-state index contributed by atoms with van der Waals surface area (Å²) in [5, 5.41) is 0.753. The van der Waals surface area contributed by atoms with Gasteiger partial charge in [0.2, 0.25) is 0 Å². The third-order valence-electron chi connectivity index (χ3n) is 0.636. The van der Waals surface area contributed by atoms with Crippen LogP contribution in [0.1, 0.15) is 6.92 Å². The van der Waals surface area contributed by atoms with Crippen molar-refractivity contribution >= 4 is 15.9 Å². The van der Waals surface area contributed by atoms with Crippen molar-refractivity contribution in [2.24, 2.45) is 0 Å². The van der Waals surface area contributed by atoms with Crippen LogP contribution in [0.3, 0.4) is 0 Å². The van der Waals surface area contributed by atoms with E-state index in [0.29, 0.717) is 0 Å². The van der Waals surface area contributed by atoms with E-state index < -0.39 is 0 Å². The maximum Gasteiger partial charge on any atom is 0.110 e. The summed E-state index contributed by atoms with van der Waals surface area (Å²) in [6, 6.07) is 0. The van der Waals surface area contributed by atoms with Gasteiger partial charge in [-0.05, 0) is 12.5 Å². The molecule has 0 nitrogen and oxygen atoms in total. The van der Waals surface area contributed by atoms with Crippen LogP contribution in [-0.2, 0) is 0 Å². The lowest BCUT2D eigenvalue weighted by Gasteiger charge is -1.85. The first-order valence-electron chi connectivity index (χ1n) is 2.08. The van der Waals surface area contributed by atoms with Crippen LogP contribution in [0.25, 0.3) is 0 Å². The van der Waals surface area contributed by atoms with Crippen LogP contribution in [0, 0.1) is 0 Å². The Morgan fingerprint density at radius 1 is 1.86 bits per heavy atom. The van der Waals surface area contributed by atoms with Crippen molar-refractivity contribution in [3.8, 4) is 0 Å². The van der Waals surface area contributed by atoms with Gasteiger partial charge in [0.05, 0.1) is 0 Å². The summed E-state index contributed by atoms with van der Waals surface area (Å²) < 4.78 is 11.5. The van der Waals surface area contributed by atoms with Crippen LogP contribution in [0.15, 0.2) is 11.6 Å². The van der Waals surface area contributed by atoms with Crippen LogP contribution < -0.4 is 0 Å². The molecule has 0 aromatic rings. The first-order valence-corrected chi connectivity index (χ1v) is 3.21. The SMILES string of the molecule is C/C(=C\CBr)CF. The minimum Gasteiger partial charge on any atom is -0.246 e. The average molecular weight is 167 g/mol. The predicted molar refractivity (Wildman–Crippen MR) is 33.5 cm³/mol. The molecule has 0 heterocycles. The Hall–Kier alpha value is 0.150. The van der Waals surface area contributed by atoms with Crippen LogP contribution in [0.5, 0.6) is 0 Å². The van der Waals surface area contributed by atoms with Gasteiger partial charge in [-0.3, -0.25) is 0 Å². The van der Waals surface area contributed by atoms with E-state index in [9.17, 15) is 4.39 Å². The van der Waals surface area contributed by atoms with Gasteiger partial charge in [-0.2, -0.15) is 0 Å². The highest BCUT2D eigenvalue weighted by Gasteiger charge is 1.80. The van der Waals surface area contributed by atoms with Crippen LogP contribution in [-0.4, -0.2) is 12.0 Å². The maximum atomic E-state index is 11.5. The smallest absolute Gasteiger partial charge is 0.110 e. The van der Waals surface area contributed by atoms with Gasteiger partial charge in [0.15, 0.2) is 0 Å². The van der Waals surface area contributed by atoms with Gasteiger partial charge in [0.1, 0.15) is 6.67 Å². The van der Waals surface area contributed by atoms with Crippen molar-refractivity contribution < 1.29 is 4.39 Å². The molecule has 0 saturated carbocycles. The second-order valence-electron chi connectivity index (χ2n) is 1.34. The van der Waals surface area contributed by atoms with E-state index in [2.05, 4.69) is 15.9 Å². The molecule has 0 saturated heterocycles. The second kappa shape index (κ2) is 4.31.